The third-order valence-corrected chi connectivity index (χ3v) is 4.25. The van der Waals surface area contributed by atoms with Crippen molar-refractivity contribution in [1.82, 2.24) is 4.90 Å². The molecule has 1 aromatic heterocycles. The molecule has 2 aromatic carbocycles. The Hall–Kier alpha value is -2.32. The molecule has 0 saturated heterocycles. The topological polar surface area (TPSA) is 16.4 Å². The third-order valence-electron chi connectivity index (χ3n) is 4.25. The molecule has 0 aliphatic carbocycles. The molecule has 1 atom stereocenters. The van der Waals surface area contributed by atoms with Gasteiger partial charge in [-0.25, -0.2) is 0 Å². The first-order valence-electron chi connectivity index (χ1n) is 8.10. The van der Waals surface area contributed by atoms with Crippen molar-refractivity contribution in [2.45, 2.75) is 25.9 Å². The summed E-state index contributed by atoms with van der Waals surface area (Å²) < 4.78 is 6.00. The number of nitrogens with zero attached hydrogens (tertiary/aromatic N) is 1. The van der Waals surface area contributed by atoms with Gasteiger partial charge in [-0.15, -0.1) is 0 Å². The molecule has 3 rings (SSSR count). The van der Waals surface area contributed by atoms with Crippen LogP contribution in [0.1, 0.15) is 18.2 Å². The number of hydrogen-bond acceptors (Lipinski definition) is 2. The van der Waals surface area contributed by atoms with Crippen molar-refractivity contribution >= 4 is 0 Å². The summed E-state index contributed by atoms with van der Waals surface area (Å²) in [5.41, 5.74) is 2.50. The highest BCUT2D eigenvalue weighted by Crippen LogP contribution is 2.22. The van der Waals surface area contributed by atoms with Gasteiger partial charge in [-0.2, -0.15) is 0 Å². The molecule has 2 heteroatoms. The Morgan fingerprint density at radius 1 is 0.870 bits per heavy atom. The standard InChI is InChI=1S/C21H23NO/c1-17(15-18-9-5-3-6-10-18)22(2)16-20-13-14-21(23-20)19-11-7-4-8-12-19/h3-14,17H,15-16H2,1-2H3/t17-/m1/s1. The van der Waals surface area contributed by atoms with Crippen molar-refractivity contribution in [3.63, 3.8) is 0 Å². The van der Waals surface area contributed by atoms with Crippen LogP contribution in [0, 0.1) is 0 Å². The van der Waals surface area contributed by atoms with Gasteiger partial charge < -0.3 is 4.42 Å². The van der Waals surface area contributed by atoms with E-state index in [9.17, 15) is 0 Å². The molecule has 0 spiro atoms. The zero-order valence-electron chi connectivity index (χ0n) is 13.8. The molecule has 0 fully saturated rings. The summed E-state index contributed by atoms with van der Waals surface area (Å²) in [6, 6.07) is 25.5. The molecule has 3 aromatic rings. The van der Waals surface area contributed by atoms with E-state index in [0.29, 0.717) is 6.04 Å². The summed E-state index contributed by atoms with van der Waals surface area (Å²) >= 11 is 0. The van der Waals surface area contributed by atoms with Crippen LogP contribution in [-0.2, 0) is 13.0 Å². The molecule has 23 heavy (non-hydrogen) atoms. The fraction of sp³-hybridized carbons (Fsp3) is 0.238. The Kier molecular flexibility index (Phi) is 4.94. The van der Waals surface area contributed by atoms with Crippen molar-refractivity contribution in [2.75, 3.05) is 7.05 Å². The van der Waals surface area contributed by atoms with Crippen LogP contribution in [0.4, 0.5) is 0 Å². The second kappa shape index (κ2) is 7.30. The van der Waals surface area contributed by atoms with Gasteiger partial charge >= 0.3 is 0 Å². The first-order valence-corrected chi connectivity index (χ1v) is 8.10. The van der Waals surface area contributed by atoms with Gasteiger partial charge in [-0.05, 0) is 38.1 Å². The zero-order chi connectivity index (χ0) is 16.1. The van der Waals surface area contributed by atoms with Crippen LogP contribution in [0.2, 0.25) is 0 Å². The Bertz CT molecular complexity index is 718. The third kappa shape index (κ3) is 4.11. The number of likely N-dealkylation sites (N-methyl/N-ethyl adjacent to an activating group) is 1. The van der Waals surface area contributed by atoms with Gasteiger partial charge in [0.05, 0.1) is 6.54 Å². The van der Waals surface area contributed by atoms with E-state index in [1.54, 1.807) is 0 Å². The van der Waals surface area contributed by atoms with Gasteiger partial charge in [0, 0.05) is 11.6 Å². The number of rotatable bonds is 6. The first kappa shape index (κ1) is 15.6. The Morgan fingerprint density at radius 3 is 2.22 bits per heavy atom. The van der Waals surface area contributed by atoms with Crippen molar-refractivity contribution < 1.29 is 4.42 Å². The molecule has 118 valence electrons. The van der Waals surface area contributed by atoms with Crippen LogP contribution in [0.25, 0.3) is 11.3 Å². The van der Waals surface area contributed by atoms with Crippen molar-refractivity contribution in [1.29, 1.82) is 0 Å². The first-order chi connectivity index (χ1) is 11.2. The van der Waals surface area contributed by atoms with E-state index in [0.717, 1.165) is 30.0 Å². The lowest BCUT2D eigenvalue weighted by molar-refractivity contribution is 0.229. The van der Waals surface area contributed by atoms with E-state index in [4.69, 9.17) is 4.42 Å². The highest BCUT2D eigenvalue weighted by molar-refractivity contribution is 5.57. The summed E-state index contributed by atoms with van der Waals surface area (Å²) in [7, 11) is 2.15. The molecule has 0 saturated carbocycles. The Balaban J connectivity index is 1.62. The summed E-state index contributed by atoms with van der Waals surface area (Å²) in [6.07, 6.45) is 1.05. The molecule has 0 aliphatic heterocycles. The maximum atomic E-state index is 6.00. The molecular formula is C21H23NO. The molecular weight excluding hydrogens is 282 g/mol. The largest absolute Gasteiger partial charge is 0.460 e. The average molecular weight is 305 g/mol. The maximum Gasteiger partial charge on any atom is 0.134 e. The fourth-order valence-corrected chi connectivity index (χ4v) is 2.73. The average Bonchev–Trinajstić information content (AvgIpc) is 3.05. The van der Waals surface area contributed by atoms with Gasteiger partial charge in [-0.1, -0.05) is 60.7 Å². The summed E-state index contributed by atoms with van der Waals surface area (Å²) in [6.45, 7) is 3.08. The molecule has 0 radical (unpaired) electrons. The minimum atomic E-state index is 0.461. The van der Waals surface area contributed by atoms with Crippen LogP contribution >= 0.6 is 0 Å². The summed E-state index contributed by atoms with van der Waals surface area (Å²) in [5.74, 6) is 1.94. The smallest absolute Gasteiger partial charge is 0.134 e. The lowest BCUT2D eigenvalue weighted by atomic mass is 10.1. The highest BCUT2D eigenvalue weighted by Gasteiger charge is 2.13. The lowest BCUT2D eigenvalue weighted by Gasteiger charge is -2.23. The van der Waals surface area contributed by atoms with Crippen LogP contribution in [-0.4, -0.2) is 18.0 Å². The molecule has 0 unspecified atom stereocenters. The molecule has 0 bridgehead atoms. The zero-order valence-corrected chi connectivity index (χ0v) is 13.8. The van der Waals surface area contributed by atoms with Crippen molar-refractivity contribution in [3.8, 4) is 11.3 Å². The molecule has 0 amide bonds. The van der Waals surface area contributed by atoms with Gasteiger partial charge in [0.15, 0.2) is 0 Å². The number of benzene rings is 2. The second-order valence-electron chi connectivity index (χ2n) is 6.09. The van der Waals surface area contributed by atoms with Crippen LogP contribution in [0.3, 0.4) is 0 Å². The van der Waals surface area contributed by atoms with E-state index in [2.05, 4.69) is 73.5 Å². The van der Waals surface area contributed by atoms with Crippen LogP contribution in [0.15, 0.2) is 77.2 Å². The minimum absolute atomic E-state index is 0.461. The van der Waals surface area contributed by atoms with E-state index in [1.165, 1.54) is 5.56 Å². The second-order valence-corrected chi connectivity index (χ2v) is 6.09. The summed E-state index contributed by atoms with van der Waals surface area (Å²) in [4.78, 5) is 2.33. The molecule has 2 nitrogen and oxygen atoms in total. The van der Waals surface area contributed by atoms with Gasteiger partial charge in [0.2, 0.25) is 0 Å². The molecule has 1 heterocycles. The van der Waals surface area contributed by atoms with E-state index in [-0.39, 0.29) is 0 Å². The van der Waals surface area contributed by atoms with Gasteiger partial charge in [0.25, 0.3) is 0 Å². The van der Waals surface area contributed by atoms with E-state index in [1.807, 2.05) is 18.2 Å². The lowest BCUT2D eigenvalue weighted by Crippen LogP contribution is -2.30. The van der Waals surface area contributed by atoms with Gasteiger partial charge in [0.1, 0.15) is 11.5 Å². The quantitative estimate of drug-likeness (QED) is 0.636. The predicted molar refractivity (Wildman–Crippen MR) is 95.2 cm³/mol. The van der Waals surface area contributed by atoms with E-state index >= 15 is 0 Å². The normalized spacial score (nSPS) is 12.5. The SMILES string of the molecule is C[C@H](Cc1ccccc1)N(C)Cc1ccc(-c2ccccc2)o1. The molecule has 0 aliphatic rings. The van der Waals surface area contributed by atoms with Crippen LogP contribution in [0.5, 0.6) is 0 Å². The van der Waals surface area contributed by atoms with Crippen LogP contribution < -0.4 is 0 Å². The van der Waals surface area contributed by atoms with Crippen molar-refractivity contribution in [3.05, 3.63) is 84.1 Å². The number of hydrogen-bond donors (Lipinski definition) is 0. The highest BCUT2D eigenvalue weighted by atomic mass is 16.3. The van der Waals surface area contributed by atoms with E-state index < -0.39 is 0 Å². The Morgan fingerprint density at radius 2 is 1.52 bits per heavy atom. The monoisotopic (exact) mass is 305 g/mol. The number of furan rings is 1. The maximum absolute atomic E-state index is 6.00. The predicted octanol–water partition coefficient (Wildman–Crippen LogP) is 5.01. The van der Waals surface area contributed by atoms with Crippen molar-refractivity contribution in [2.24, 2.45) is 0 Å². The fourth-order valence-electron chi connectivity index (χ4n) is 2.73. The Labute approximate surface area is 138 Å². The molecule has 0 N–H and O–H groups in total. The van der Waals surface area contributed by atoms with Gasteiger partial charge in [-0.3, -0.25) is 4.90 Å². The minimum Gasteiger partial charge on any atom is -0.460 e. The summed E-state index contributed by atoms with van der Waals surface area (Å²) in [5, 5.41) is 0.